The Bertz CT molecular complexity index is 1300. The fourth-order valence-corrected chi connectivity index (χ4v) is 3.51. The van der Waals surface area contributed by atoms with E-state index >= 15 is 0 Å². The number of hydrogen-bond donors (Lipinski definition) is 1. The van der Waals surface area contributed by atoms with Crippen LogP contribution in [0.1, 0.15) is 27.6 Å². The molecular formula is C23H16ClFN2O3. The number of furan rings is 1. The fourth-order valence-electron chi connectivity index (χ4n) is 3.27. The summed E-state index contributed by atoms with van der Waals surface area (Å²) in [6, 6.07) is 14.3. The molecule has 0 aliphatic rings. The zero-order valence-electron chi connectivity index (χ0n) is 16.1. The first-order chi connectivity index (χ1) is 14.4. The van der Waals surface area contributed by atoms with Crippen molar-refractivity contribution in [2.45, 2.75) is 6.92 Å². The summed E-state index contributed by atoms with van der Waals surface area (Å²) in [5.41, 5.74) is 2.77. The fraction of sp³-hybridized carbons (Fsp3) is 0.0870. The van der Waals surface area contributed by atoms with Crippen LogP contribution in [0.3, 0.4) is 0 Å². The van der Waals surface area contributed by atoms with Crippen LogP contribution in [0.25, 0.3) is 33.6 Å². The third-order valence-electron chi connectivity index (χ3n) is 4.78. The van der Waals surface area contributed by atoms with Gasteiger partial charge in [0.25, 0.3) is 5.91 Å². The van der Waals surface area contributed by atoms with E-state index in [9.17, 15) is 14.0 Å². The minimum atomic E-state index is -0.398. The van der Waals surface area contributed by atoms with E-state index in [1.54, 1.807) is 24.3 Å². The summed E-state index contributed by atoms with van der Waals surface area (Å²) >= 11 is 6.41. The van der Waals surface area contributed by atoms with Gasteiger partial charge in [-0.3, -0.25) is 9.59 Å². The van der Waals surface area contributed by atoms with E-state index in [-0.39, 0.29) is 33.9 Å². The third-order valence-corrected chi connectivity index (χ3v) is 5.06. The molecule has 0 fully saturated rings. The van der Waals surface area contributed by atoms with Crippen LogP contribution in [-0.4, -0.2) is 23.7 Å². The normalized spacial score (nSPS) is 10.9. The van der Waals surface area contributed by atoms with Gasteiger partial charge >= 0.3 is 0 Å². The van der Waals surface area contributed by atoms with E-state index in [0.29, 0.717) is 27.6 Å². The molecule has 2 heterocycles. The molecular weight excluding hydrogens is 407 g/mol. The summed E-state index contributed by atoms with van der Waals surface area (Å²) < 4.78 is 19.2. The van der Waals surface area contributed by atoms with Gasteiger partial charge in [0.15, 0.2) is 5.78 Å². The monoisotopic (exact) mass is 422 g/mol. The standard InChI is InChI=1S/C23H16ClFN2O3/c1-12(28)14-4-3-5-15(10-14)17-11-18-19(22(29)26-2)20(30-23(18)27-21(17)24)13-6-8-16(25)9-7-13/h3-11H,1-2H3,(H,26,29). The largest absolute Gasteiger partial charge is 0.437 e. The molecule has 7 heteroatoms. The second-order valence-electron chi connectivity index (χ2n) is 6.71. The average molecular weight is 423 g/mol. The first-order valence-corrected chi connectivity index (χ1v) is 9.49. The molecule has 2 aromatic carbocycles. The second kappa shape index (κ2) is 7.72. The number of nitrogens with one attached hydrogen (secondary N) is 1. The van der Waals surface area contributed by atoms with Crippen molar-refractivity contribution in [2.75, 3.05) is 7.05 Å². The van der Waals surface area contributed by atoms with E-state index in [1.807, 2.05) is 6.07 Å². The number of halogens is 2. The summed E-state index contributed by atoms with van der Waals surface area (Å²) in [7, 11) is 1.51. The summed E-state index contributed by atoms with van der Waals surface area (Å²) in [4.78, 5) is 28.8. The number of nitrogens with zero attached hydrogens (tertiary/aromatic N) is 1. The zero-order chi connectivity index (χ0) is 21.4. The summed E-state index contributed by atoms with van der Waals surface area (Å²) in [6.07, 6.45) is 0. The highest BCUT2D eigenvalue weighted by Crippen LogP contribution is 2.37. The number of carbonyl (C=O) groups is 2. The number of ketones is 1. The SMILES string of the molecule is CNC(=O)c1c(-c2ccc(F)cc2)oc2nc(Cl)c(-c3cccc(C(C)=O)c3)cc12. The van der Waals surface area contributed by atoms with Crippen molar-refractivity contribution < 1.29 is 18.4 Å². The van der Waals surface area contributed by atoms with Crippen LogP contribution in [0.4, 0.5) is 4.39 Å². The van der Waals surface area contributed by atoms with E-state index in [0.717, 1.165) is 0 Å². The number of amides is 1. The lowest BCUT2D eigenvalue weighted by Gasteiger charge is -2.06. The number of aromatic nitrogens is 1. The van der Waals surface area contributed by atoms with Crippen molar-refractivity contribution in [2.24, 2.45) is 0 Å². The number of fused-ring (bicyclic) bond motifs is 1. The maximum Gasteiger partial charge on any atom is 0.255 e. The number of Topliss-reactive ketones (excluding diaryl/α,β-unsaturated/α-hetero) is 1. The maximum absolute atomic E-state index is 13.4. The Labute approximate surface area is 176 Å². The molecule has 1 N–H and O–H groups in total. The van der Waals surface area contributed by atoms with Gasteiger partial charge < -0.3 is 9.73 Å². The van der Waals surface area contributed by atoms with Crippen molar-refractivity contribution in [3.05, 3.63) is 76.7 Å². The van der Waals surface area contributed by atoms with Gasteiger partial charge in [0.1, 0.15) is 16.7 Å². The van der Waals surface area contributed by atoms with Crippen molar-refractivity contribution in [1.29, 1.82) is 0 Å². The van der Waals surface area contributed by atoms with Crippen LogP contribution in [0.5, 0.6) is 0 Å². The van der Waals surface area contributed by atoms with Crippen LogP contribution in [-0.2, 0) is 0 Å². The maximum atomic E-state index is 13.4. The molecule has 5 nitrogen and oxygen atoms in total. The summed E-state index contributed by atoms with van der Waals surface area (Å²) in [5, 5.41) is 3.23. The Kier molecular flexibility index (Phi) is 5.10. The summed E-state index contributed by atoms with van der Waals surface area (Å²) in [5.74, 6) is -0.580. The van der Waals surface area contributed by atoms with Crippen LogP contribution in [0, 0.1) is 5.82 Å². The zero-order valence-corrected chi connectivity index (χ0v) is 16.9. The third kappa shape index (κ3) is 3.46. The van der Waals surface area contributed by atoms with Gasteiger partial charge in [-0.05, 0) is 48.9 Å². The van der Waals surface area contributed by atoms with Crippen LogP contribution in [0.15, 0.2) is 59.0 Å². The molecule has 2 aromatic heterocycles. The Morgan fingerprint density at radius 3 is 2.47 bits per heavy atom. The minimum absolute atomic E-state index is 0.0741. The molecule has 0 aliphatic heterocycles. The van der Waals surface area contributed by atoms with Gasteiger partial charge in [-0.25, -0.2) is 9.37 Å². The predicted octanol–water partition coefficient (Wildman–Crippen LogP) is 5.52. The molecule has 0 bridgehead atoms. The van der Waals surface area contributed by atoms with Crippen LogP contribution in [0.2, 0.25) is 5.15 Å². The van der Waals surface area contributed by atoms with E-state index in [1.165, 1.54) is 38.2 Å². The van der Waals surface area contributed by atoms with E-state index in [4.69, 9.17) is 16.0 Å². The van der Waals surface area contributed by atoms with E-state index in [2.05, 4.69) is 10.3 Å². The van der Waals surface area contributed by atoms with Crippen LogP contribution >= 0.6 is 11.6 Å². The number of hydrogen-bond acceptors (Lipinski definition) is 4. The van der Waals surface area contributed by atoms with Crippen molar-refractivity contribution >= 4 is 34.4 Å². The Morgan fingerprint density at radius 2 is 1.80 bits per heavy atom. The minimum Gasteiger partial charge on any atom is -0.437 e. The molecule has 0 saturated carbocycles. The number of rotatable bonds is 4. The number of carbonyl (C=O) groups excluding carboxylic acids is 2. The number of pyridine rings is 1. The van der Waals surface area contributed by atoms with Gasteiger partial charge in [0, 0.05) is 23.7 Å². The topological polar surface area (TPSA) is 72.2 Å². The quantitative estimate of drug-likeness (QED) is 0.347. The van der Waals surface area contributed by atoms with Gasteiger partial charge in [0.05, 0.1) is 10.9 Å². The lowest BCUT2D eigenvalue weighted by atomic mass is 10.0. The van der Waals surface area contributed by atoms with Crippen molar-refractivity contribution in [3.8, 4) is 22.5 Å². The lowest BCUT2D eigenvalue weighted by molar-refractivity contribution is 0.0963. The predicted molar refractivity (Wildman–Crippen MR) is 113 cm³/mol. The van der Waals surface area contributed by atoms with Gasteiger partial charge in [0.2, 0.25) is 5.71 Å². The van der Waals surface area contributed by atoms with Crippen molar-refractivity contribution in [3.63, 3.8) is 0 Å². The molecule has 0 unspecified atom stereocenters. The smallest absolute Gasteiger partial charge is 0.255 e. The summed E-state index contributed by atoms with van der Waals surface area (Å²) in [6.45, 7) is 1.48. The highest BCUT2D eigenvalue weighted by molar-refractivity contribution is 6.32. The highest BCUT2D eigenvalue weighted by atomic mass is 35.5. The molecule has 4 rings (SSSR count). The van der Waals surface area contributed by atoms with Crippen LogP contribution < -0.4 is 5.32 Å². The Morgan fingerprint density at radius 1 is 1.07 bits per heavy atom. The number of benzene rings is 2. The van der Waals surface area contributed by atoms with Gasteiger partial charge in [-0.1, -0.05) is 29.8 Å². The average Bonchev–Trinajstić information content (AvgIpc) is 3.11. The molecule has 1 amide bonds. The Hall–Kier alpha value is -3.51. The molecule has 0 atom stereocenters. The molecule has 0 radical (unpaired) electrons. The molecule has 0 saturated heterocycles. The molecule has 150 valence electrons. The first kappa shape index (κ1) is 19.8. The Balaban J connectivity index is 1.97. The first-order valence-electron chi connectivity index (χ1n) is 9.11. The van der Waals surface area contributed by atoms with Gasteiger partial charge in [-0.15, -0.1) is 0 Å². The highest BCUT2D eigenvalue weighted by Gasteiger charge is 2.24. The molecule has 0 aliphatic carbocycles. The molecule has 0 spiro atoms. The second-order valence-corrected chi connectivity index (χ2v) is 7.07. The van der Waals surface area contributed by atoms with Gasteiger partial charge in [-0.2, -0.15) is 0 Å². The lowest BCUT2D eigenvalue weighted by Crippen LogP contribution is -2.18. The van der Waals surface area contributed by atoms with Crippen molar-refractivity contribution in [1.82, 2.24) is 10.3 Å². The molecule has 30 heavy (non-hydrogen) atoms. The van der Waals surface area contributed by atoms with E-state index < -0.39 is 5.82 Å². The molecule has 4 aromatic rings.